The fraction of sp³-hybridized carbons (Fsp3) is 0.938. The van der Waals surface area contributed by atoms with E-state index in [4.69, 9.17) is 0 Å². The monoisotopic (exact) mass is 264 g/mol. The second kappa shape index (κ2) is 5.82. The maximum atomic E-state index is 12.3. The molecule has 0 bridgehead atoms. The van der Waals surface area contributed by atoms with Crippen LogP contribution >= 0.6 is 0 Å². The van der Waals surface area contributed by atoms with Crippen molar-refractivity contribution in [3.63, 3.8) is 0 Å². The summed E-state index contributed by atoms with van der Waals surface area (Å²) in [5.74, 6) is 2.10. The summed E-state index contributed by atoms with van der Waals surface area (Å²) in [7, 11) is 0. The lowest BCUT2D eigenvalue weighted by Crippen LogP contribution is -2.41. The molecular weight excluding hydrogens is 236 g/mol. The van der Waals surface area contributed by atoms with E-state index in [0.717, 1.165) is 31.3 Å². The minimum Gasteiger partial charge on any atom is -0.341 e. The molecule has 3 aliphatic rings. The van der Waals surface area contributed by atoms with Gasteiger partial charge in [-0.2, -0.15) is 0 Å². The van der Waals surface area contributed by atoms with Crippen molar-refractivity contribution in [3.05, 3.63) is 0 Å². The molecule has 1 atom stereocenters. The first-order chi connectivity index (χ1) is 9.26. The van der Waals surface area contributed by atoms with Gasteiger partial charge in [0, 0.05) is 19.1 Å². The Balaban J connectivity index is 1.44. The number of nitrogens with one attached hydrogen (secondary N) is 1. The van der Waals surface area contributed by atoms with Crippen LogP contribution in [0.15, 0.2) is 0 Å². The topological polar surface area (TPSA) is 32.3 Å². The van der Waals surface area contributed by atoms with E-state index in [1.54, 1.807) is 0 Å². The third kappa shape index (κ3) is 3.31. The zero-order valence-corrected chi connectivity index (χ0v) is 12.2. The Morgan fingerprint density at radius 3 is 2.37 bits per heavy atom. The molecule has 1 amide bonds. The second-order valence-electron chi connectivity index (χ2n) is 6.86. The number of carbonyl (C=O) groups excluding carboxylic acids is 1. The van der Waals surface area contributed by atoms with E-state index in [9.17, 15) is 4.79 Å². The van der Waals surface area contributed by atoms with Crippen LogP contribution in [0.25, 0.3) is 0 Å². The summed E-state index contributed by atoms with van der Waals surface area (Å²) in [6.45, 7) is 4.32. The molecule has 0 aromatic carbocycles. The Kier molecular flexibility index (Phi) is 4.11. The van der Waals surface area contributed by atoms with Gasteiger partial charge in [0.15, 0.2) is 0 Å². The number of likely N-dealkylation sites (tertiary alicyclic amines) is 1. The van der Waals surface area contributed by atoms with E-state index in [-0.39, 0.29) is 6.04 Å². The van der Waals surface area contributed by atoms with Gasteiger partial charge in [0.2, 0.25) is 5.91 Å². The van der Waals surface area contributed by atoms with Gasteiger partial charge in [-0.05, 0) is 43.9 Å². The predicted molar refractivity (Wildman–Crippen MR) is 76.9 cm³/mol. The third-order valence-electron chi connectivity index (χ3n) is 5.33. The van der Waals surface area contributed by atoms with Crippen molar-refractivity contribution in [3.8, 4) is 0 Å². The lowest BCUT2D eigenvalue weighted by Gasteiger charge is -2.30. The van der Waals surface area contributed by atoms with Gasteiger partial charge in [0.1, 0.15) is 0 Å². The lowest BCUT2D eigenvalue weighted by molar-refractivity contribution is -0.130. The van der Waals surface area contributed by atoms with Crippen molar-refractivity contribution in [2.75, 3.05) is 13.1 Å². The fourth-order valence-corrected chi connectivity index (χ4v) is 3.74. The van der Waals surface area contributed by atoms with E-state index < -0.39 is 0 Å². The predicted octanol–water partition coefficient (Wildman–Crippen LogP) is 2.56. The van der Waals surface area contributed by atoms with Crippen LogP contribution in [0, 0.1) is 11.8 Å². The van der Waals surface area contributed by atoms with E-state index >= 15 is 0 Å². The minimum absolute atomic E-state index is 0.138. The maximum Gasteiger partial charge on any atom is 0.239 e. The van der Waals surface area contributed by atoms with Gasteiger partial charge in [-0.1, -0.05) is 26.2 Å². The molecule has 3 heteroatoms. The summed E-state index contributed by atoms with van der Waals surface area (Å²) in [4.78, 5) is 14.5. The average molecular weight is 264 g/mol. The summed E-state index contributed by atoms with van der Waals surface area (Å²) in [5.41, 5.74) is 0. The van der Waals surface area contributed by atoms with Crippen molar-refractivity contribution in [2.45, 2.75) is 70.4 Å². The fourth-order valence-electron chi connectivity index (χ4n) is 3.74. The highest BCUT2D eigenvalue weighted by Crippen LogP contribution is 2.32. The molecule has 3 fully saturated rings. The lowest BCUT2D eigenvalue weighted by atomic mass is 9.80. The molecule has 0 aromatic rings. The van der Waals surface area contributed by atoms with Gasteiger partial charge in [0.05, 0.1) is 6.04 Å². The Morgan fingerprint density at radius 2 is 1.74 bits per heavy atom. The Labute approximate surface area is 117 Å². The Bertz CT molecular complexity index is 319. The largest absolute Gasteiger partial charge is 0.341 e. The summed E-state index contributed by atoms with van der Waals surface area (Å²) in [5, 5.41) is 3.49. The summed E-state index contributed by atoms with van der Waals surface area (Å²) in [6.07, 6.45) is 10.3. The van der Waals surface area contributed by atoms with Gasteiger partial charge in [-0.15, -0.1) is 0 Å². The quantitative estimate of drug-likeness (QED) is 0.827. The third-order valence-corrected chi connectivity index (χ3v) is 5.33. The first-order valence-electron chi connectivity index (χ1n) is 8.31. The highest BCUT2D eigenvalue weighted by Gasteiger charge is 2.36. The molecule has 0 aromatic heterocycles. The zero-order chi connectivity index (χ0) is 13.2. The van der Waals surface area contributed by atoms with Crippen molar-refractivity contribution in [1.29, 1.82) is 0 Å². The smallest absolute Gasteiger partial charge is 0.239 e. The van der Waals surface area contributed by atoms with E-state index in [0.29, 0.717) is 11.9 Å². The molecule has 1 heterocycles. The van der Waals surface area contributed by atoms with Crippen molar-refractivity contribution in [2.24, 2.45) is 11.8 Å². The highest BCUT2D eigenvalue weighted by molar-refractivity contribution is 5.84. The Morgan fingerprint density at radius 1 is 1.05 bits per heavy atom. The summed E-state index contributed by atoms with van der Waals surface area (Å²) in [6, 6.07) is 0.786. The number of carbonyl (C=O) groups is 1. The van der Waals surface area contributed by atoms with Gasteiger partial charge in [0.25, 0.3) is 0 Å². The summed E-state index contributed by atoms with van der Waals surface area (Å²) < 4.78 is 0. The molecule has 1 saturated heterocycles. The number of hydrogen-bond acceptors (Lipinski definition) is 2. The van der Waals surface area contributed by atoms with Crippen molar-refractivity contribution < 1.29 is 4.79 Å². The van der Waals surface area contributed by atoms with Crippen LogP contribution in [-0.4, -0.2) is 36.0 Å². The van der Waals surface area contributed by atoms with Crippen LogP contribution in [-0.2, 0) is 4.79 Å². The first kappa shape index (κ1) is 13.4. The van der Waals surface area contributed by atoms with Crippen LogP contribution in [0.1, 0.15) is 58.3 Å². The maximum absolute atomic E-state index is 12.3. The van der Waals surface area contributed by atoms with Crippen LogP contribution in [0.5, 0.6) is 0 Å². The zero-order valence-electron chi connectivity index (χ0n) is 12.2. The number of amides is 1. The SMILES string of the molecule is CCC1CCC(CN2CCC(NC3CC3)C2=O)CC1. The minimum atomic E-state index is 0.138. The van der Waals surface area contributed by atoms with Crippen LogP contribution in [0.4, 0.5) is 0 Å². The molecular formula is C16H28N2O. The second-order valence-corrected chi connectivity index (χ2v) is 6.86. The van der Waals surface area contributed by atoms with Crippen LogP contribution in [0.2, 0.25) is 0 Å². The molecule has 108 valence electrons. The normalized spacial score (nSPS) is 35.9. The van der Waals surface area contributed by atoms with Gasteiger partial charge >= 0.3 is 0 Å². The van der Waals surface area contributed by atoms with Crippen molar-refractivity contribution >= 4 is 5.91 Å². The van der Waals surface area contributed by atoms with Gasteiger partial charge in [-0.3, -0.25) is 4.79 Å². The number of nitrogens with zero attached hydrogens (tertiary/aromatic N) is 1. The van der Waals surface area contributed by atoms with E-state index in [2.05, 4.69) is 17.1 Å². The first-order valence-corrected chi connectivity index (χ1v) is 8.31. The molecule has 2 saturated carbocycles. The molecule has 0 radical (unpaired) electrons. The number of hydrogen-bond donors (Lipinski definition) is 1. The molecule has 3 rings (SSSR count). The molecule has 1 aliphatic heterocycles. The molecule has 1 unspecified atom stereocenters. The van der Waals surface area contributed by atoms with E-state index in [1.165, 1.54) is 44.9 Å². The molecule has 19 heavy (non-hydrogen) atoms. The standard InChI is InChI=1S/C16H28N2O/c1-2-12-3-5-13(6-4-12)11-18-10-9-15(16(18)19)17-14-7-8-14/h12-15,17H,2-11H2,1H3. The number of rotatable bonds is 5. The molecule has 1 N–H and O–H groups in total. The van der Waals surface area contributed by atoms with Gasteiger partial charge in [-0.25, -0.2) is 0 Å². The van der Waals surface area contributed by atoms with Crippen LogP contribution in [0.3, 0.4) is 0 Å². The highest BCUT2D eigenvalue weighted by atomic mass is 16.2. The van der Waals surface area contributed by atoms with E-state index in [1.807, 2.05) is 0 Å². The average Bonchev–Trinajstić information content (AvgIpc) is 3.19. The molecule has 3 nitrogen and oxygen atoms in total. The van der Waals surface area contributed by atoms with Gasteiger partial charge < -0.3 is 10.2 Å². The Hall–Kier alpha value is -0.570. The van der Waals surface area contributed by atoms with Crippen LogP contribution < -0.4 is 5.32 Å². The van der Waals surface area contributed by atoms with Crippen molar-refractivity contribution in [1.82, 2.24) is 10.2 Å². The molecule has 2 aliphatic carbocycles. The summed E-state index contributed by atoms with van der Waals surface area (Å²) >= 11 is 0. The molecule has 0 spiro atoms.